The van der Waals surface area contributed by atoms with Crippen molar-refractivity contribution >= 4 is 22.7 Å². The molecular weight excluding hydrogens is 322 g/mol. The molecule has 0 aliphatic carbocycles. The van der Waals surface area contributed by atoms with Crippen molar-refractivity contribution in [3.05, 3.63) is 77.1 Å². The maximum absolute atomic E-state index is 12.1. The molecule has 4 rings (SSSR count). The second kappa shape index (κ2) is 6.29. The van der Waals surface area contributed by atoms with Crippen molar-refractivity contribution in [3.8, 4) is 5.69 Å². The number of H-pyrrole nitrogens is 1. The van der Waals surface area contributed by atoms with Gasteiger partial charge in [0, 0.05) is 0 Å². The second-order valence-corrected chi connectivity index (χ2v) is 6.07. The second-order valence-electron chi connectivity index (χ2n) is 5.13. The Labute approximate surface area is 141 Å². The van der Waals surface area contributed by atoms with E-state index in [1.54, 1.807) is 17.1 Å². The highest BCUT2D eigenvalue weighted by molar-refractivity contribution is 7.98. The average molecular weight is 335 g/mol. The molecule has 0 atom stereocenters. The SMILES string of the molecule is O=c1[nH]c(CSc2ncn(-c3ccccc3)n2)nc2ccccc12. The fourth-order valence-corrected chi connectivity index (χ4v) is 3.03. The zero-order chi connectivity index (χ0) is 16.4. The topological polar surface area (TPSA) is 76.5 Å². The number of hydrogen-bond donors (Lipinski definition) is 1. The van der Waals surface area contributed by atoms with Gasteiger partial charge in [0.05, 0.1) is 22.3 Å². The lowest BCUT2D eigenvalue weighted by atomic mass is 10.2. The normalized spacial score (nSPS) is 11.0. The molecule has 1 N–H and O–H groups in total. The third-order valence-electron chi connectivity index (χ3n) is 3.49. The van der Waals surface area contributed by atoms with Crippen LogP contribution in [0.15, 0.2) is 70.9 Å². The summed E-state index contributed by atoms with van der Waals surface area (Å²) in [5.41, 5.74) is 1.52. The minimum absolute atomic E-state index is 0.126. The zero-order valence-corrected chi connectivity index (χ0v) is 13.4. The largest absolute Gasteiger partial charge is 0.309 e. The number of fused-ring (bicyclic) bond motifs is 1. The van der Waals surface area contributed by atoms with Crippen LogP contribution in [0.5, 0.6) is 0 Å². The highest BCUT2D eigenvalue weighted by Gasteiger charge is 2.07. The number of nitrogens with zero attached hydrogens (tertiary/aromatic N) is 4. The molecule has 7 heteroatoms. The number of nitrogens with one attached hydrogen (secondary N) is 1. The van der Waals surface area contributed by atoms with Crippen LogP contribution >= 0.6 is 11.8 Å². The molecule has 0 saturated heterocycles. The van der Waals surface area contributed by atoms with Crippen LogP contribution in [0.1, 0.15) is 5.82 Å². The first-order chi connectivity index (χ1) is 11.8. The molecule has 6 nitrogen and oxygen atoms in total. The van der Waals surface area contributed by atoms with Crippen LogP contribution in [0.4, 0.5) is 0 Å². The summed E-state index contributed by atoms with van der Waals surface area (Å²) in [7, 11) is 0. The first-order valence-electron chi connectivity index (χ1n) is 7.37. The number of benzene rings is 2. The number of hydrogen-bond acceptors (Lipinski definition) is 5. The Morgan fingerprint density at radius 2 is 1.83 bits per heavy atom. The number of para-hydroxylation sites is 2. The maximum Gasteiger partial charge on any atom is 0.258 e. The smallest absolute Gasteiger partial charge is 0.258 e. The van der Waals surface area contributed by atoms with Gasteiger partial charge in [0.2, 0.25) is 5.16 Å². The van der Waals surface area contributed by atoms with Crippen LogP contribution in [0.2, 0.25) is 0 Å². The van der Waals surface area contributed by atoms with Gasteiger partial charge in [0.25, 0.3) is 5.56 Å². The first kappa shape index (κ1) is 14.6. The van der Waals surface area contributed by atoms with Crippen molar-refractivity contribution < 1.29 is 0 Å². The maximum atomic E-state index is 12.1. The molecule has 0 saturated carbocycles. The van der Waals surface area contributed by atoms with E-state index in [1.165, 1.54) is 11.8 Å². The fraction of sp³-hybridized carbons (Fsp3) is 0.0588. The Hall–Kier alpha value is -2.93. The Kier molecular flexibility index (Phi) is 3.84. The van der Waals surface area contributed by atoms with E-state index >= 15 is 0 Å². The number of rotatable bonds is 4. The Morgan fingerprint density at radius 1 is 1.04 bits per heavy atom. The summed E-state index contributed by atoms with van der Waals surface area (Å²) in [5.74, 6) is 1.11. The van der Waals surface area contributed by atoms with Gasteiger partial charge < -0.3 is 4.98 Å². The predicted octanol–water partition coefficient (Wildman–Crippen LogP) is 2.80. The summed E-state index contributed by atoms with van der Waals surface area (Å²) >= 11 is 1.43. The summed E-state index contributed by atoms with van der Waals surface area (Å²) in [4.78, 5) is 23.6. The molecule has 0 fully saturated rings. The monoisotopic (exact) mass is 335 g/mol. The van der Waals surface area contributed by atoms with Crippen molar-refractivity contribution in [3.63, 3.8) is 0 Å². The van der Waals surface area contributed by atoms with Crippen LogP contribution in [0, 0.1) is 0 Å². The lowest BCUT2D eigenvalue weighted by molar-refractivity contribution is 0.834. The van der Waals surface area contributed by atoms with Gasteiger partial charge in [-0.05, 0) is 24.3 Å². The number of aromatic amines is 1. The molecule has 4 aromatic rings. The Morgan fingerprint density at radius 3 is 2.71 bits per heavy atom. The lowest BCUT2D eigenvalue weighted by Crippen LogP contribution is -2.11. The minimum Gasteiger partial charge on any atom is -0.309 e. The minimum atomic E-state index is -0.126. The van der Waals surface area contributed by atoms with E-state index in [9.17, 15) is 4.79 Å². The Balaban J connectivity index is 1.53. The molecule has 0 bridgehead atoms. The molecule has 0 amide bonds. The van der Waals surface area contributed by atoms with Crippen molar-refractivity contribution in [1.29, 1.82) is 0 Å². The highest BCUT2D eigenvalue weighted by Crippen LogP contribution is 2.18. The van der Waals surface area contributed by atoms with Crippen molar-refractivity contribution in [2.45, 2.75) is 10.9 Å². The fourth-order valence-electron chi connectivity index (χ4n) is 2.36. The summed E-state index contributed by atoms with van der Waals surface area (Å²) < 4.78 is 1.72. The van der Waals surface area contributed by atoms with Crippen molar-refractivity contribution in [2.24, 2.45) is 0 Å². The molecule has 2 heterocycles. The van der Waals surface area contributed by atoms with Crippen LogP contribution in [0.3, 0.4) is 0 Å². The van der Waals surface area contributed by atoms with Gasteiger partial charge in [0.1, 0.15) is 12.2 Å². The summed E-state index contributed by atoms with van der Waals surface area (Å²) in [6.45, 7) is 0. The van der Waals surface area contributed by atoms with E-state index in [0.717, 1.165) is 5.69 Å². The molecule has 24 heavy (non-hydrogen) atoms. The quantitative estimate of drug-likeness (QED) is 0.580. The highest BCUT2D eigenvalue weighted by atomic mass is 32.2. The summed E-state index contributed by atoms with van der Waals surface area (Å²) in [5, 5.41) is 5.66. The molecule has 0 aliphatic rings. The predicted molar refractivity (Wildman–Crippen MR) is 93.3 cm³/mol. The van der Waals surface area contributed by atoms with Crippen LogP contribution in [0.25, 0.3) is 16.6 Å². The molecule has 118 valence electrons. The lowest BCUT2D eigenvalue weighted by Gasteiger charge is -2.01. The molecular formula is C17H13N5OS. The Bertz CT molecular complexity index is 1040. The van der Waals surface area contributed by atoms with Gasteiger partial charge in [-0.2, -0.15) is 0 Å². The molecule has 0 radical (unpaired) electrons. The summed E-state index contributed by atoms with van der Waals surface area (Å²) in [6.07, 6.45) is 1.67. The van der Waals surface area contributed by atoms with Gasteiger partial charge in [-0.15, -0.1) is 5.10 Å². The van der Waals surface area contributed by atoms with Crippen LogP contribution in [-0.4, -0.2) is 24.7 Å². The third kappa shape index (κ3) is 2.93. The third-order valence-corrected chi connectivity index (χ3v) is 4.35. The van der Waals surface area contributed by atoms with Gasteiger partial charge in [-0.25, -0.2) is 14.6 Å². The first-order valence-corrected chi connectivity index (χ1v) is 8.36. The number of aromatic nitrogens is 5. The molecule has 0 spiro atoms. The molecule has 0 unspecified atom stereocenters. The average Bonchev–Trinajstić information content (AvgIpc) is 3.10. The number of thioether (sulfide) groups is 1. The standard InChI is InChI=1S/C17H13N5OS/c23-16-13-8-4-5-9-14(13)19-15(20-16)10-24-17-18-11-22(21-17)12-6-2-1-3-7-12/h1-9,11H,10H2,(H,19,20,23). The van der Waals surface area contributed by atoms with E-state index in [2.05, 4.69) is 20.1 Å². The molecule has 2 aromatic heterocycles. The van der Waals surface area contributed by atoms with E-state index in [-0.39, 0.29) is 5.56 Å². The van der Waals surface area contributed by atoms with E-state index in [0.29, 0.717) is 27.6 Å². The van der Waals surface area contributed by atoms with Crippen molar-refractivity contribution in [1.82, 2.24) is 24.7 Å². The van der Waals surface area contributed by atoms with Gasteiger partial charge in [0.15, 0.2) is 0 Å². The van der Waals surface area contributed by atoms with Crippen LogP contribution in [-0.2, 0) is 5.75 Å². The molecule has 2 aromatic carbocycles. The van der Waals surface area contributed by atoms with E-state index in [1.807, 2.05) is 48.5 Å². The molecule has 0 aliphatic heterocycles. The zero-order valence-electron chi connectivity index (χ0n) is 12.6. The van der Waals surface area contributed by atoms with E-state index in [4.69, 9.17) is 0 Å². The van der Waals surface area contributed by atoms with Gasteiger partial charge in [-0.3, -0.25) is 4.79 Å². The summed E-state index contributed by atoms with van der Waals surface area (Å²) in [6, 6.07) is 17.1. The van der Waals surface area contributed by atoms with Crippen molar-refractivity contribution in [2.75, 3.05) is 0 Å². The van der Waals surface area contributed by atoms with Gasteiger partial charge in [-0.1, -0.05) is 42.1 Å². The van der Waals surface area contributed by atoms with E-state index < -0.39 is 0 Å². The van der Waals surface area contributed by atoms with Crippen LogP contribution < -0.4 is 5.56 Å². The van der Waals surface area contributed by atoms with Gasteiger partial charge >= 0.3 is 0 Å².